The molecule has 0 unspecified atom stereocenters. The summed E-state index contributed by atoms with van der Waals surface area (Å²) in [4.78, 5) is 22.0. The van der Waals surface area contributed by atoms with Crippen molar-refractivity contribution in [2.45, 2.75) is 0 Å². The molecule has 0 radical (unpaired) electrons. The Bertz CT molecular complexity index is 8510. The van der Waals surface area contributed by atoms with Gasteiger partial charge in [0, 0.05) is 109 Å². The van der Waals surface area contributed by atoms with Gasteiger partial charge in [-0.2, -0.15) is 0 Å². The molecule has 0 atom stereocenters. The molecule has 0 N–H and O–H groups in total. The topological polar surface area (TPSA) is 90.0 Å². The molecule has 110 heavy (non-hydrogen) atoms. The smallest absolute Gasteiger partial charge is 0.220 e. The fourth-order valence-corrected chi connectivity index (χ4v) is 21.1. The van der Waals surface area contributed by atoms with Gasteiger partial charge in [0.1, 0.15) is 11.0 Å². The second-order valence-electron chi connectivity index (χ2n) is 28.9. The van der Waals surface area contributed by atoms with Crippen molar-refractivity contribution in [1.82, 2.24) is 56.1 Å². The zero-order chi connectivity index (χ0) is 71.3. The fraction of sp³-hybridized carbons (Fsp3) is 0. The van der Waals surface area contributed by atoms with Crippen molar-refractivity contribution in [2.75, 3.05) is 0 Å². The molecule has 0 saturated carbocycles. The minimum atomic E-state index is 0.864. The summed E-state index contributed by atoms with van der Waals surface area (Å²) >= 11 is 3.61. The molecule has 26 rings (SSSR count). The van der Waals surface area contributed by atoms with Gasteiger partial charge in [-0.3, -0.25) is 27.1 Å². The van der Waals surface area contributed by atoms with Crippen LogP contribution in [0.4, 0.5) is 0 Å². The Kier molecular flexibility index (Phi) is 11.6. The lowest BCUT2D eigenvalue weighted by Gasteiger charge is -2.11. The zero-order valence-corrected chi connectivity index (χ0v) is 60.0. The summed E-state index contributed by atoms with van der Waals surface area (Å²) in [6.45, 7) is 0. The van der Waals surface area contributed by atoms with E-state index in [0.717, 1.165) is 182 Å². The van der Waals surface area contributed by atoms with Crippen molar-refractivity contribution in [1.29, 1.82) is 0 Å². The summed E-state index contributed by atoms with van der Waals surface area (Å²) in [6.07, 6.45) is 3.98. The molecule has 14 aromatic carbocycles. The third-order valence-corrected chi connectivity index (χ3v) is 25.7. The first kappa shape index (κ1) is 58.8. The molecule has 12 heterocycles. The van der Waals surface area contributed by atoms with Gasteiger partial charge in [-0.15, -0.1) is 22.7 Å². The minimum absolute atomic E-state index is 0.864. The van der Waals surface area contributed by atoms with Crippen LogP contribution in [0.5, 0.6) is 0 Å². The van der Waals surface area contributed by atoms with Crippen LogP contribution in [0.3, 0.4) is 0 Å². The molecule has 0 aliphatic heterocycles. The summed E-state index contributed by atoms with van der Waals surface area (Å²) in [5.74, 6) is 3.56. The van der Waals surface area contributed by atoms with E-state index in [1.165, 1.54) is 47.1 Å². The van der Waals surface area contributed by atoms with E-state index in [-0.39, 0.29) is 0 Å². The molecule has 0 aliphatic carbocycles. The number of hydrogen-bond acceptors (Lipinski definition) is 6. The van der Waals surface area contributed by atoms with Gasteiger partial charge in [0.15, 0.2) is 11.6 Å². The van der Waals surface area contributed by atoms with Crippen molar-refractivity contribution in [2.24, 2.45) is 0 Å². The highest BCUT2D eigenvalue weighted by atomic mass is 32.1. The molecule has 12 aromatic heterocycles. The molecule has 0 aliphatic rings. The third kappa shape index (κ3) is 7.75. The predicted molar refractivity (Wildman–Crippen MR) is 457 cm³/mol. The first-order valence-electron chi connectivity index (χ1n) is 37.1. The highest BCUT2D eigenvalue weighted by molar-refractivity contribution is 7.26. The van der Waals surface area contributed by atoms with Crippen LogP contribution < -0.4 is 0 Å². The summed E-state index contributed by atoms with van der Waals surface area (Å²) in [7, 11) is 0. The van der Waals surface area contributed by atoms with Crippen molar-refractivity contribution < 1.29 is 0 Å². The van der Waals surface area contributed by atoms with Crippen molar-refractivity contribution in [3.05, 3.63) is 328 Å². The summed E-state index contributed by atoms with van der Waals surface area (Å²) < 4.78 is 23.6. The molecule has 0 saturated heterocycles. The Morgan fingerprint density at radius 1 is 0.218 bits per heavy atom. The number of nitrogens with zero attached hydrogens (tertiary/aromatic N) is 12. The Labute approximate surface area is 631 Å². The number of pyridine rings is 2. The van der Waals surface area contributed by atoms with Crippen molar-refractivity contribution in [3.63, 3.8) is 0 Å². The van der Waals surface area contributed by atoms with Gasteiger partial charge >= 0.3 is 0 Å². The van der Waals surface area contributed by atoms with Crippen LogP contribution in [0.15, 0.2) is 328 Å². The first-order valence-corrected chi connectivity index (χ1v) is 38.7. The van der Waals surface area contributed by atoms with Gasteiger partial charge in [0.05, 0.1) is 86.6 Å². The number of para-hydroxylation sites is 10. The Morgan fingerprint density at radius 2 is 0.609 bits per heavy atom. The SMILES string of the molecule is c1ccc(-n2c3ccccc3n3c4ccc5c6ccc(-c7ccc8c(c7)c7ccccc7n8-c7ccc8sc9c(-n%10c%11ccccc%11c%11ccc%12c(nc%13n(-c%14ccccc%14)c%14ccccc%14n%12%13)c%11%10)nccc9c8c7)cc6n(-c6ccc7sc8c(-n9c%10ccccc%10c%10ccccc%109)nccc8c7c6)c5c4nc23)cc1. The number of thiophene rings is 2. The lowest BCUT2D eigenvalue weighted by Crippen LogP contribution is -1.98. The highest BCUT2D eigenvalue weighted by Crippen LogP contribution is 2.48. The molecule has 0 amide bonds. The van der Waals surface area contributed by atoms with Crippen LogP contribution in [0.1, 0.15) is 0 Å². The highest BCUT2D eigenvalue weighted by Gasteiger charge is 2.28. The van der Waals surface area contributed by atoms with Crippen molar-refractivity contribution in [3.8, 4) is 45.5 Å². The second kappa shape index (κ2) is 21.6. The van der Waals surface area contributed by atoms with E-state index in [1.807, 2.05) is 23.7 Å². The molecular weight excluding hydrogens is 1390 g/mol. The van der Waals surface area contributed by atoms with Crippen LogP contribution in [0.25, 0.3) is 229 Å². The largest absolute Gasteiger partial charge is 0.309 e. The monoisotopic (exact) mass is 1440 g/mol. The molecule has 0 fully saturated rings. The van der Waals surface area contributed by atoms with E-state index in [0.29, 0.717) is 0 Å². The van der Waals surface area contributed by atoms with E-state index in [2.05, 4.69) is 352 Å². The van der Waals surface area contributed by atoms with E-state index >= 15 is 0 Å². The van der Waals surface area contributed by atoms with Crippen molar-refractivity contribution >= 4 is 206 Å². The lowest BCUT2D eigenvalue weighted by atomic mass is 10.0. The van der Waals surface area contributed by atoms with E-state index in [1.54, 1.807) is 11.3 Å². The Hall–Kier alpha value is -14.4. The number of rotatable bonds is 7. The van der Waals surface area contributed by atoms with Gasteiger partial charge in [-0.25, -0.2) is 19.9 Å². The molecule has 0 bridgehead atoms. The molecule has 12 nitrogen and oxygen atoms in total. The van der Waals surface area contributed by atoms with Crippen LogP contribution >= 0.6 is 22.7 Å². The first-order chi connectivity index (χ1) is 54.6. The summed E-state index contributed by atoms with van der Waals surface area (Å²) in [5.41, 5.74) is 23.7. The minimum Gasteiger partial charge on any atom is -0.309 e. The Balaban J connectivity index is 0.648. The molecule has 26 aromatic rings. The molecule has 510 valence electrons. The van der Waals surface area contributed by atoms with Crippen LogP contribution in [-0.4, -0.2) is 56.1 Å². The third-order valence-electron chi connectivity index (χ3n) is 23.4. The summed E-state index contributed by atoms with van der Waals surface area (Å²) in [6, 6.07) is 115. The fourth-order valence-electron chi connectivity index (χ4n) is 18.7. The summed E-state index contributed by atoms with van der Waals surface area (Å²) in [5, 5.41) is 14.1. The average molecular weight is 1440 g/mol. The van der Waals surface area contributed by atoms with E-state index in [4.69, 9.17) is 19.9 Å². The lowest BCUT2D eigenvalue weighted by molar-refractivity contribution is 1.10. The maximum atomic E-state index is 5.78. The van der Waals surface area contributed by atoms with Gasteiger partial charge in [-0.1, -0.05) is 152 Å². The van der Waals surface area contributed by atoms with Gasteiger partial charge in [0.2, 0.25) is 11.6 Å². The van der Waals surface area contributed by atoms with Gasteiger partial charge in [-0.05, 0) is 175 Å². The Morgan fingerprint density at radius 3 is 1.15 bits per heavy atom. The van der Waals surface area contributed by atoms with E-state index in [9.17, 15) is 0 Å². The maximum absolute atomic E-state index is 5.78. The number of imidazole rings is 4. The number of benzene rings is 14. The standard InChI is InChI=1S/C96H54N12S2/c1-3-19-57(20-4-1)103-78-31-15-17-33-80(78)106-82-44-41-67-65-39-35-56(52-84(65)102(89(67)87(82)99-95(103)106)60-38-46-86-72(54-60)68-47-49-97-93(91(68)109-86)105-74-28-12-7-23-61(74)62-24-8-13-29-75(62)105)55-36-42-77-70(51-55)64-26-10-11-27-73(64)101(77)59-37-45-85-71(53-59)69-48-50-98-94(92(69)110-85)108-76-30-14-9-25-63(76)66-40-43-83-88(90(66)108)100-96-104(58-21-5-2-6-22-58)79-32-16-18-34-81(79)107(83)96/h1-54H. The number of aromatic nitrogens is 12. The predicted octanol–water partition coefficient (Wildman–Crippen LogP) is 24.8. The normalized spacial score (nSPS) is 12.5. The molecule has 0 spiro atoms. The number of hydrogen-bond donors (Lipinski definition) is 0. The van der Waals surface area contributed by atoms with Gasteiger partial charge < -0.3 is 9.13 Å². The van der Waals surface area contributed by atoms with E-state index < -0.39 is 0 Å². The average Bonchev–Trinajstić information content (AvgIpc) is 1.56. The van der Waals surface area contributed by atoms with Crippen LogP contribution in [-0.2, 0) is 0 Å². The second-order valence-corrected chi connectivity index (χ2v) is 31.0. The van der Waals surface area contributed by atoms with Crippen LogP contribution in [0.2, 0.25) is 0 Å². The maximum Gasteiger partial charge on any atom is 0.220 e. The zero-order valence-electron chi connectivity index (χ0n) is 58.4. The molecular formula is C96H54N12S2. The van der Waals surface area contributed by atoms with Crippen LogP contribution in [0, 0.1) is 0 Å². The quantitative estimate of drug-likeness (QED) is 0.159. The number of fused-ring (bicyclic) bond motifs is 30. The van der Waals surface area contributed by atoms with Gasteiger partial charge in [0.25, 0.3) is 0 Å². The molecule has 14 heteroatoms.